The Hall–Kier alpha value is -0.0800. The highest BCUT2D eigenvalue weighted by Crippen LogP contribution is 2.12. The van der Waals surface area contributed by atoms with E-state index < -0.39 is 0 Å². The monoisotopic (exact) mass is 73.1 g/mol. The number of hydrogen-bond donors (Lipinski definition) is 1. The normalized spacial score (nSPS) is 49.2. The van der Waals surface area contributed by atoms with Gasteiger partial charge in [-0.3, -0.25) is 0 Å². The van der Waals surface area contributed by atoms with Crippen LogP contribution >= 0.6 is 0 Å². The summed E-state index contributed by atoms with van der Waals surface area (Å²) >= 11 is 0. The van der Waals surface area contributed by atoms with Gasteiger partial charge in [0.2, 0.25) is 0 Å². The molecule has 2 heteroatoms. The van der Waals surface area contributed by atoms with Crippen LogP contribution in [0.1, 0.15) is 6.92 Å². The molecule has 1 aliphatic rings. The summed E-state index contributed by atoms with van der Waals surface area (Å²) in [5, 5.41) is 0. The fourth-order valence-corrected chi connectivity index (χ4v) is 0.202. The van der Waals surface area contributed by atoms with Crippen molar-refractivity contribution in [2.24, 2.45) is 5.73 Å². The minimum Gasteiger partial charge on any atom is -0.354 e. The SMILES string of the molecule is C[C@H]1O[C@@H]1N. The summed E-state index contributed by atoms with van der Waals surface area (Å²) in [7, 11) is 0. The van der Waals surface area contributed by atoms with E-state index in [1.165, 1.54) is 0 Å². The lowest BCUT2D eigenvalue weighted by molar-refractivity contribution is 0.383. The Balaban J connectivity index is 2.20. The quantitative estimate of drug-likeness (QED) is 0.399. The molecule has 0 unspecified atom stereocenters. The van der Waals surface area contributed by atoms with E-state index >= 15 is 0 Å². The second-order valence-corrected chi connectivity index (χ2v) is 1.31. The van der Waals surface area contributed by atoms with Crippen molar-refractivity contribution in [3.05, 3.63) is 0 Å². The van der Waals surface area contributed by atoms with Gasteiger partial charge in [0, 0.05) is 0 Å². The van der Waals surface area contributed by atoms with Gasteiger partial charge in [-0.05, 0) is 6.92 Å². The van der Waals surface area contributed by atoms with Crippen molar-refractivity contribution in [2.75, 3.05) is 0 Å². The Morgan fingerprint density at radius 2 is 2.00 bits per heavy atom. The van der Waals surface area contributed by atoms with E-state index in [0.717, 1.165) is 0 Å². The first-order chi connectivity index (χ1) is 2.30. The molecule has 0 saturated carbocycles. The van der Waals surface area contributed by atoms with Gasteiger partial charge in [0.1, 0.15) is 6.23 Å². The fraction of sp³-hybridized carbons (Fsp3) is 1.00. The van der Waals surface area contributed by atoms with Crippen molar-refractivity contribution in [1.29, 1.82) is 0 Å². The van der Waals surface area contributed by atoms with E-state index in [9.17, 15) is 0 Å². The van der Waals surface area contributed by atoms with Crippen LogP contribution in [0.4, 0.5) is 0 Å². The maximum Gasteiger partial charge on any atom is 0.132 e. The van der Waals surface area contributed by atoms with E-state index in [1.807, 2.05) is 6.92 Å². The molecule has 1 saturated heterocycles. The van der Waals surface area contributed by atoms with E-state index in [2.05, 4.69) is 0 Å². The number of rotatable bonds is 0. The fourth-order valence-electron chi connectivity index (χ4n) is 0.202. The molecule has 1 rings (SSSR count). The zero-order valence-electron chi connectivity index (χ0n) is 3.14. The summed E-state index contributed by atoms with van der Waals surface area (Å²) in [4.78, 5) is 0. The van der Waals surface area contributed by atoms with Crippen LogP contribution in [0.3, 0.4) is 0 Å². The van der Waals surface area contributed by atoms with Crippen LogP contribution in [0.5, 0.6) is 0 Å². The Morgan fingerprint density at radius 1 is 1.80 bits per heavy atom. The molecule has 0 aromatic rings. The zero-order chi connectivity index (χ0) is 3.86. The van der Waals surface area contributed by atoms with Crippen molar-refractivity contribution in [1.82, 2.24) is 0 Å². The van der Waals surface area contributed by atoms with Gasteiger partial charge in [-0.25, -0.2) is 0 Å². The molecule has 1 heterocycles. The van der Waals surface area contributed by atoms with Gasteiger partial charge >= 0.3 is 0 Å². The highest BCUT2D eigenvalue weighted by atomic mass is 16.6. The molecule has 30 valence electrons. The molecule has 0 bridgehead atoms. The minimum atomic E-state index is 0.0509. The van der Waals surface area contributed by atoms with Crippen LogP contribution in [0.15, 0.2) is 0 Å². The Bertz CT molecular complexity index is 40.2. The molecular weight excluding hydrogens is 66.0 g/mol. The largest absolute Gasteiger partial charge is 0.354 e. The Labute approximate surface area is 30.9 Å². The third-order valence-corrected chi connectivity index (χ3v) is 0.758. The maximum absolute atomic E-state index is 5.14. The summed E-state index contributed by atoms with van der Waals surface area (Å²) < 4.78 is 4.69. The molecule has 0 radical (unpaired) electrons. The van der Waals surface area contributed by atoms with Crippen LogP contribution in [-0.4, -0.2) is 12.3 Å². The molecule has 1 fully saturated rings. The smallest absolute Gasteiger partial charge is 0.132 e. The van der Waals surface area contributed by atoms with Gasteiger partial charge in [0.25, 0.3) is 0 Å². The van der Waals surface area contributed by atoms with Crippen LogP contribution < -0.4 is 5.73 Å². The summed E-state index contributed by atoms with van der Waals surface area (Å²) in [6, 6.07) is 0. The van der Waals surface area contributed by atoms with Crippen LogP contribution in [0, 0.1) is 0 Å². The Morgan fingerprint density at radius 3 is 2.00 bits per heavy atom. The zero-order valence-corrected chi connectivity index (χ0v) is 3.14. The van der Waals surface area contributed by atoms with Crippen molar-refractivity contribution in [2.45, 2.75) is 19.3 Å². The minimum absolute atomic E-state index is 0.0509. The average Bonchev–Trinajstić information content (AvgIpc) is 1.79. The molecule has 5 heavy (non-hydrogen) atoms. The predicted octanol–water partition coefficient (Wildman–Crippen LogP) is -0.310. The molecule has 0 aromatic heterocycles. The first-order valence-corrected chi connectivity index (χ1v) is 1.72. The van der Waals surface area contributed by atoms with Gasteiger partial charge in [0.05, 0.1) is 6.10 Å². The molecule has 2 N–H and O–H groups in total. The molecule has 0 amide bonds. The van der Waals surface area contributed by atoms with Gasteiger partial charge in [-0.1, -0.05) is 0 Å². The molecular formula is C3H7NO. The van der Waals surface area contributed by atoms with Crippen LogP contribution in [0.25, 0.3) is 0 Å². The van der Waals surface area contributed by atoms with Crippen LogP contribution in [-0.2, 0) is 4.74 Å². The topological polar surface area (TPSA) is 38.5 Å². The first kappa shape index (κ1) is 3.12. The van der Waals surface area contributed by atoms with Gasteiger partial charge in [-0.2, -0.15) is 0 Å². The highest BCUT2D eigenvalue weighted by molar-refractivity contribution is 4.71. The molecule has 2 nitrogen and oxygen atoms in total. The predicted molar refractivity (Wildman–Crippen MR) is 18.5 cm³/mol. The van der Waals surface area contributed by atoms with Crippen LogP contribution in [0.2, 0.25) is 0 Å². The van der Waals surface area contributed by atoms with E-state index in [-0.39, 0.29) is 6.23 Å². The van der Waals surface area contributed by atoms with Crippen molar-refractivity contribution >= 4 is 0 Å². The molecule has 1 aliphatic heterocycles. The highest BCUT2D eigenvalue weighted by Gasteiger charge is 2.28. The number of ether oxygens (including phenoxy) is 1. The maximum atomic E-state index is 5.14. The molecule has 0 aromatic carbocycles. The Kier molecular flexibility index (Phi) is 0.436. The summed E-state index contributed by atoms with van der Waals surface area (Å²) in [5.74, 6) is 0. The van der Waals surface area contributed by atoms with E-state index in [0.29, 0.717) is 6.10 Å². The van der Waals surface area contributed by atoms with Gasteiger partial charge in [0.15, 0.2) is 0 Å². The lowest BCUT2D eigenvalue weighted by Crippen LogP contribution is -2.01. The second-order valence-electron chi connectivity index (χ2n) is 1.31. The first-order valence-electron chi connectivity index (χ1n) is 1.72. The third kappa shape index (κ3) is 0.412. The van der Waals surface area contributed by atoms with E-state index in [4.69, 9.17) is 10.5 Å². The van der Waals surface area contributed by atoms with E-state index in [1.54, 1.807) is 0 Å². The molecule has 0 aliphatic carbocycles. The lowest BCUT2D eigenvalue weighted by atomic mass is 10.5. The second kappa shape index (κ2) is 0.698. The molecule has 2 atom stereocenters. The summed E-state index contributed by atoms with van der Waals surface area (Å²) in [6.07, 6.45) is 0.380. The van der Waals surface area contributed by atoms with Crippen molar-refractivity contribution in [3.63, 3.8) is 0 Å². The summed E-state index contributed by atoms with van der Waals surface area (Å²) in [5.41, 5.74) is 5.14. The average molecular weight is 73.1 g/mol. The molecule has 0 spiro atoms. The van der Waals surface area contributed by atoms with Crippen molar-refractivity contribution < 1.29 is 4.74 Å². The van der Waals surface area contributed by atoms with Gasteiger partial charge < -0.3 is 10.5 Å². The van der Waals surface area contributed by atoms with Gasteiger partial charge in [-0.15, -0.1) is 0 Å². The summed E-state index contributed by atoms with van der Waals surface area (Å²) in [6.45, 7) is 1.95. The standard InChI is InChI=1S/C3H7NO/c1-2-3(4)5-2/h2-3H,4H2,1H3/t2-,3+/m1/s1. The number of hydrogen-bond acceptors (Lipinski definition) is 2. The lowest BCUT2D eigenvalue weighted by Gasteiger charge is -1.60. The third-order valence-electron chi connectivity index (χ3n) is 0.758. The number of epoxide rings is 1. The number of nitrogens with two attached hydrogens (primary N) is 1. The van der Waals surface area contributed by atoms with Crippen molar-refractivity contribution in [3.8, 4) is 0 Å².